The van der Waals surface area contributed by atoms with Crippen LogP contribution in [0.15, 0.2) is 18.2 Å². The molecule has 0 aliphatic carbocycles. The van der Waals surface area contributed by atoms with Crippen LogP contribution in [0.4, 0.5) is 0 Å². The number of nitrogens with one attached hydrogen (secondary N) is 1. The van der Waals surface area contributed by atoms with Gasteiger partial charge in [0, 0.05) is 18.9 Å². The van der Waals surface area contributed by atoms with Gasteiger partial charge in [0.15, 0.2) is 0 Å². The molecule has 0 aromatic heterocycles. The summed E-state index contributed by atoms with van der Waals surface area (Å²) in [5, 5.41) is 2.87. The van der Waals surface area contributed by atoms with Gasteiger partial charge in [-0.2, -0.15) is 0 Å². The molecule has 1 atom stereocenters. The van der Waals surface area contributed by atoms with Crippen molar-refractivity contribution >= 4 is 5.91 Å². The maximum Gasteiger partial charge on any atom is 0.220 e. The van der Waals surface area contributed by atoms with Crippen LogP contribution in [0.5, 0.6) is 0 Å². The minimum Gasteiger partial charge on any atom is -0.355 e. The van der Waals surface area contributed by atoms with Crippen molar-refractivity contribution in [1.29, 1.82) is 0 Å². The van der Waals surface area contributed by atoms with E-state index in [0.717, 1.165) is 6.54 Å². The van der Waals surface area contributed by atoms with Gasteiger partial charge in [-0.25, -0.2) is 0 Å². The van der Waals surface area contributed by atoms with E-state index in [1.807, 2.05) is 0 Å². The molecule has 1 unspecified atom stereocenters. The highest BCUT2D eigenvalue weighted by molar-refractivity contribution is 5.79. The summed E-state index contributed by atoms with van der Waals surface area (Å²) in [5.41, 5.74) is 3.89. The highest BCUT2D eigenvalue weighted by atomic mass is 16.1. The smallest absolute Gasteiger partial charge is 0.220 e. The number of amides is 1. The first kappa shape index (κ1) is 9.25. The van der Waals surface area contributed by atoms with Crippen molar-refractivity contribution in [2.24, 2.45) is 0 Å². The number of rotatable bonds is 1. The van der Waals surface area contributed by atoms with E-state index < -0.39 is 0 Å². The molecule has 1 aliphatic rings. The van der Waals surface area contributed by atoms with Crippen LogP contribution >= 0.6 is 0 Å². The molecule has 74 valence electrons. The van der Waals surface area contributed by atoms with E-state index in [-0.39, 0.29) is 5.91 Å². The maximum atomic E-state index is 11.1. The van der Waals surface area contributed by atoms with E-state index >= 15 is 0 Å². The Kier molecular flexibility index (Phi) is 2.28. The molecule has 0 radical (unpaired) electrons. The topological polar surface area (TPSA) is 29.1 Å². The number of hydrogen-bond donors (Lipinski definition) is 1. The van der Waals surface area contributed by atoms with Gasteiger partial charge < -0.3 is 5.32 Å². The maximum absolute atomic E-state index is 11.1. The lowest BCUT2D eigenvalue weighted by molar-refractivity contribution is -0.119. The van der Waals surface area contributed by atoms with Gasteiger partial charge in [-0.1, -0.05) is 23.8 Å². The summed E-state index contributed by atoms with van der Waals surface area (Å²) in [6, 6.07) is 6.44. The first-order valence-electron chi connectivity index (χ1n) is 5.00. The van der Waals surface area contributed by atoms with Gasteiger partial charge in [-0.15, -0.1) is 0 Å². The van der Waals surface area contributed by atoms with Gasteiger partial charge in [0.2, 0.25) is 5.91 Å². The molecular formula is C12H15NO. The molecule has 1 heterocycles. The monoisotopic (exact) mass is 189 g/mol. The van der Waals surface area contributed by atoms with Crippen molar-refractivity contribution in [3.05, 3.63) is 34.9 Å². The van der Waals surface area contributed by atoms with Crippen molar-refractivity contribution in [3.63, 3.8) is 0 Å². The standard InChI is InChI=1S/C12H15NO/c1-8-3-4-11(9(2)5-8)10-6-12(14)13-7-10/h3-5,10H,6-7H2,1-2H3,(H,13,14). The fourth-order valence-corrected chi connectivity index (χ4v) is 2.11. The average Bonchev–Trinajstić information content (AvgIpc) is 2.51. The second-order valence-corrected chi connectivity index (χ2v) is 4.07. The third-order valence-electron chi connectivity index (χ3n) is 2.84. The minimum absolute atomic E-state index is 0.176. The van der Waals surface area contributed by atoms with E-state index in [9.17, 15) is 4.79 Å². The van der Waals surface area contributed by atoms with Crippen molar-refractivity contribution < 1.29 is 4.79 Å². The molecule has 1 aromatic carbocycles. The van der Waals surface area contributed by atoms with Crippen LogP contribution in [-0.4, -0.2) is 12.5 Å². The summed E-state index contributed by atoms with van der Waals surface area (Å²) in [7, 11) is 0. The van der Waals surface area contributed by atoms with Gasteiger partial charge in [0.1, 0.15) is 0 Å². The van der Waals surface area contributed by atoms with Crippen LogP contribution in [0.25, 0.3) is 0 Å². The molecule has 2 rings (SSSR count). The molecule has 0 spiro atoms. The van der Waals surface area contributed by atoms with E-state index in [0.29, 0.717) is 12.3 Å². The molecular weight excluding hydrogens is 174 g/mol. The summed E-state index contributed by atoms with van der Waals surface area (Å²) in [6.45, 7) is 5.00. The van der Waals surface area contributed by atoms with Gasteiger partial charge in [-0.3, -0.25) is 4.79 Å². The molecule has 1 aliphatic heterocycles. The number of carbonyl (C=O) groups is 1. The van der Waals surface area contributed by atoms with Crippen LogP contribution in [-0.2, 0) is 4.79 Å². The zero-order valence-corrected chi connectivity index (χ0v) is 8.63. The number of carbonyl (C=O) groups excluding carboxylic acids is 1. The lowest BCUT2D eigenvalue weighted by Gasteiger charge is -2.11. The zero-order valence-electron chi connectivity index (χ0n) is 8.63. The third-order valence-corrected chi connectivity index (χ3v) is 2.84. The predicted molar refractivity (Wildman–Crippen MR) is 56.3 cm³/mol. The normalized spacial score (nSPS) is 21.0. The molecule has 1 aromatic rings. The van der Waals surface area contributed by atoms with Crippen LogP contribution in [0.2, 0.25) is 0 Å². The van der Waals surface area contributed by atoms with Crippen LogP contribution in [0.3, 0.4) is 0 Å². The Morgan fingerprint density at radius 2 is 2.14 bits per heavy atom. The summed E-state index contributed by atoms with van der Waals surface area (Å²) in [4.78, 5) is 11.1. The second-order valence-electron chi connectivity index (χ2n) is 4.07. The molecule has 14 heavy (non-hydrogen) atoms. The van der Waals surface area contributed by atoms with Crippen molar-refractivity contribution in [3.8, 4) is 0 Å². The first-order chi connectivity index (χ1) is 6.66. The van der Waals surface area contributed by atoms with Crippen molar-refractivity contribution in [1.82, 2.24) is 5.32 Å². The molecule has 1 amide bonds. The molecule has 2 nitrogen and oxygen atoms in total. The molecule has 2 heteroatoms. The average molecular weight is 189 g/mol. The first-order valence-corrected chi connectivity index (χ1v) is 5.00. The van der Waals surface area contributed by atoms with E-state index in [1.54, 1.807) is 0 Å². The number of aryl methyl sites for hydroxylation is 2. The summed E-state index contributed by atoms with van der Waals surface area (Å²) >= 11 is 0. The second kappa shape index (κ2) is 3.45. The van der Waals surface area contributed by atoms with Gasteiger partial charge in [-0.05, 0) is 25.0 Å². The van der Waals surface area contributed by atoms with Gasteiger partial charge in [0.05, 0.1) is 0 Å². The lowest BCUT2D eigenvalue weighted by atomic mass is 9.93. The molecule has 0 saturated carbocycles. The van der Waals surface area contributed by atoms with Crippen molar-refractivity contribution in [2.75, 3.05) is 6.54 Å². The largest absolute Gasteiger partial charge is 0.355 e. The Labute approximate surface area is 84.3 Å². The Bertz CT molecular complexity index is 371. The Hall–Kier alpha value is -1.31. The van der Waals surface area contributed by atoms with Crippen molar-refractivity contribution in [2.45, 2.75) is 26.2 Å². The Morgan fingerprint density at radius 3 is 2.71 bits per heavy atom. The van der Waals surface area contributed by atoms with Gasteiger partial charge >= 0.3 is 0 Å². The fourth-order valence-electron chi connectivity index (χ4n) is 2.11. The van der Waals surface area contributed by atoms with Gasteiger partial charge in [0.25, 0.3) is 0 Å². The Morgan fingerprint density at radius 1 is 1.36 bits per heavy atom. The Balaban J connectivity index is 2.28. The summed E-state index contributed by atoms with van der Waals surface area (Å²) in [6.07, 6.45) is 0.643. The van der Waals surface area contributed by atoms with E-state index in [1.165, 1.54) is 16.7 Å². The minimum atomic E-state index is 0.176. The summed E-state index contributed by atoms with van der Waals surface area (Å²) < 4.78 is 0. The molecule has 1 saturated heterocycles. The van der Waals surface area contributed by atoms with Crippen LogP contribution < -0.4 is 5.32 Å². The van der Waals surface area contributed by atoms with E-state index in [2.05, 4.69) is 37.4 Å². The number of hydrogen-bond acceptors (Lipinski definition) is 1. The number of benzene rings is 1. The SMILES string of the molecule is Cc1ccc(C2CNC(=O)C2)c(C)c1. The molecule has 0 bridgehead atoms. The predicted octanol–water partition coefficient (Wildman–Crippen LogP) is 1.91. The highest BCUT2D eigenvalue weighted by Crippen LogP contribution is 2.26. The summed E-state index contributed by atoms with van der Waals surface area (Å²) in [5.74, 6) is 0.554. The molecule has 1 fully saturated rings. The van der Waals surface area contributed by atoms with Crippen LogP contribution in [0.1, 0.15) is 29.0 Å². The fraction of sp³-hybridized carbons (Fsp3) is 0.417. The lowest BCUT2D eigenvalue weighted by Crippen LogP contribution is -2.13. The third kappa shape index (κ3) is 1.65. The zero-order chi connectivity index (χ0) is 10.1. The molecule has 1 N–H and O–H groups in total. The quantitative estimate of drug-likeness (QED) is 0.718. The van der Waals surface area contributed by atoms with E-state index in [4.69, 9.17) is 0 Å². The highest BCUT2D eigenvalue weighted by Gasteiger charge is 2.23. The van der Waals surface area contributed by atoms with Crippen LogP contribution in [0, 0.1) is 13.8 Å².